The van der Waals surface area contributed by atoms with E-state index in [9.17, 15) is 9.59 Å². The zero-order chi connectivity index (χ0) is 18.6. The van der Waals surface area contributed by atoms with Crippen molar-refractivity contribution >= 4 is 17.2 Å². The van der Waals surface area contributed by atoms with Gasteiger partial charge in [0.15, 0.2) is 0 Å². The smallest absolute Gasteiger partial charge is 0.274 e. The first kappa shape index (κ1) is 17.5. The zero-order valence-electron chi connectivity index (χ0n) is 14.7. The van der Waals surface area contributed by atoms with Crippen LogP contribution in [-0.4, -0.2) is 33.7 Å². The van der Waals surface area contributed by atoms with Crippen molar-refractivity contribution in [3.05, 3.63) is 80.4 Å². The number of nitrogens with zero attached hydrogens (tertiary/aromatic N) is 3. The molecule has 27 heavy (non-hydrogen) atoms. The number of thiophene rings is 1. The molecule has 7 heteroatoms. The lowest BCUT2D eigenvalue weighted by atomic mass is 10.1. The van der Waals surface area contributed by atoms with Gasteiger partial charge < -0.3 is 9.64 Å². The lowest BCUT2D eigenvalue weighted by molar-refractivity contribution is 0.0726. The minimum Gasteiger partial charge on any atom is -0.492 e. The number of rotatable bonds is 5. The van der Waals surface area contributed by atoms with Crippen LogP contribution in [0.3, 0.4) is 0 Å². The molecule has 3 aromatic rings. The van der Waals surface area contributed by atoms with Crippen LogP contribution in [0.2, 0.25) is 0 Å². The number of amides is 1. The fraction of sp³-hybridized carbons (Fsp3) is 0.250. The second kappa shape index (κ2) is 7.75. The summed E-state index contributed by atoms with van der Waals surface area (Å²) >= 11 is 1.73. The van der Waals surface area contributed by atoms with E-state index in [2.05, 4.69) is 16.5 Å². The van der Waals surface area contributed by atoms with E-state index in [0.29, 0.717) is 19.7 Å². The standard InChI is InChI=1S/C20H19N3O3S/c24-19-7-6-17(20(25)22-10-8-18-15(14-22)9-13-27-18)21-23(19)11-12-26-16-4-2-1-3-5-16/h1-7,9,13H,8,10-12,14H2. The molecule has 138 valence electrons. The maximum Gasteiger partial charge on any atom is 0.274 e. The van der Waals surface area contributed by atoms with Gasteiger partial charge in [0.05, 0.1) is 6.54 Å². The molecule has 0 saturated carbocycles. The Morgan fingerprint density at radius 2 is 2.00 bits per heavy atom. The Balaban J connectivity index is 1.44. The molecule has 1 amide bonds. The largest absolute Gasteiger partial charge is 0.492 e. The SMILES string of the molecule is O=C(c1ccc(=O)n(CCOc2ccccc2)n1)N1CCc2sccc2C1. The van der Waals surface area contributed by atoms with Gasteiger partial charge in [-0.15, -0.1) is 11.3 Å². The highest BCUT2D eigenvalue weighted by atomic mass is 32.1. The number of ether oxygens (including phenoxy) is 1. The molecule has 0 fully saturated rings. The molecule has 1 aliphatic heterocycles. The molecule has 0 bridgehead atoms. The second-order valence-corrected chi connectivity index (χ2v) is 7.29. The van der Waals surface area contributed by atoms with E-state index >= 15 is 0 Å². The van der Waals surface area contributed by atoms with Crippen LogP contribution in [0.4, 0.5) is 0 Å². The van der Waals surface area contributed by atoms with Crippen LogP contribution in [0.1, 0.15) is 20.9 Å². The molecule has 2 aromatic heterocycles. The Labute approximate surface area is 160 Å². The lowest BCUT2D eigenvalue weighted by Crippen LogP contribution is -2.37. The topological polar surface area (TPSA) is 64.4 Å². The molecule has 0 radical (unpaired) electrons. The summed E-state index contributed by atoms with van der Waals surface area (Å²) in [5, 5.41) is 6.32. The third kappa shape index (κ3) is 3.93. The van der Waals surface area contributed by atoms with E-state index in [4.69, 9.17) is 4.74 Å². The van der Waals surface area contributed by atoms with Crippen LogP contribution in [0.5, 0.6) is 5.75 Å². The number of para-hydroxylation sites is 1. The van der Waals surface area contributed by atoms with Gasteiger partial charge in [-0.1, -0.05) is 18.2 Å². The minimum atomic E-state index is -0.248. The molecule has 1 aromatic carbocycles. The van der Waals surface area contributed by atoms with Crippen molar-refractivity contribution in [2.45, 2.75) is 19.5 Å². The molecule has 0 spiro atoms. The van der Waals surface area contributed by atoms with Gasteiger partial charge in [-0.3, -0.25) is 9.59 Å². The summed E-state index contributed by atoms with van der Waals surface area (Å²) in [5.74, 6) is 0.585. The van der Waals surface area contributed by atoms with Gasteiger partial charge in [0.1, 0.15) is 18.1 Å². The Morgan fingerprint density at radius 3 is 2.85 bits per heavy atom. The average Bonchev–Trinajstić information content (AvgIpc) is 3.17. The number of carbonyl (C=O) groups is 1. The third-order valence-electron chi connectivity index (χ3n) is 4.50. The van der Waals surface area contributed by atoms with Crippen molar-refractivity contribution in [2.24, 2.45) is 0 Å². The molecular weight excluding hydrogens is 362 g/mol. The van der Waals surface area contributed by atoms with Crippen LogP contribution in [-0.2, 0) is 19.5 Å². The average molecular weight is 381 g/mol. The van der Waals surface area contributed by atoms with E-state index < -0.39 is 0 Å². The number of hydrogen-bond donors (Lipinski definition) is 0. The summed E-state index contributed by atoms with van der Waals surface area (Å²) in [5.41, 5.74) is 1.24. The molecule has 4 rings (SSSR count). The molecule has 0 N–H and O–H groups in total. The van der Waals surface area contributed by atoms with Crippen LogP contribution in [0, 0.1) is 0 Å². The fourth-order valence-electron chi connectivity index (χ4n) is 3.07. The molecule has 0 saturated heterocycles. The van der Waals surface area contributed by atoms with Crippen molar-refractivity contribution in [1.29, 1.82) is 0 Å². The summed E-state index contributed by atoms with van der Waals surface area (Å²) in [6.07, 6.45) is 0.864. The van der Waals surface area contributed by atoms with Crippen LogP contribution in [0.25, 0.3) is 0 Å². The quantitative estimate of drug-likeness (QED) is 0.681. The fourth-order valence-corrected chi connectivity index (χ4v) is 3.96. The predicted octanol–water partition coefficient (Wildman–Crippen LogP) is 2.58. The summed E-state index contributed by atoms with van der Waals surface area (Å²) in [6.45, 7) is 1.85. The van der Waals surface area contributed by atoms with E-state index in [1.54, 1.807) is 16.2 Å². The van der Waals surface area contributed by atoms with Crippen LogP contribution < -0.4 is 10.3 Å². The van der Waals surface area contributed by atoms with Gasteiger partial charge in [-0.2, -0.15) is 5.10 Å². The molecule has 0 atom stereocenters. The zero-order valence-corrected chi connectivity index (χ0v) is 15.5. The van der Waals surface area contributed by atoms with Gasteiger partial charge >= 0.3 is 0 Å². The number of aromatic nitrogens is 2. The van der Waals surface area contributed by atoms with Crippen molar-refractivity contribution in [3.8, 4) is 5.75 Å². The molecular formula is C20H19N3O3S. The van der Waals surface area contributed by atoms with E-state index in [-0.39, 0.29) is 23.7 Å². The van der Waals surface area contributed by atoms with Crippen LogP contribution in [0.15, 0.2) is 58.7 Å². The second-order valence-electron chi connectivity index (χ2n) is 6.29. The molecule has 1 aliphatic rings. The highest BCUT2D eigenvalue weighted by Gasteiger charge is 2.23. The van der Waals surface area contributed by atoms with Gasteiger partial charge in [0.25, 0.3) is 11.5 Å². The summed E-state index contributed by atoms with van der Waals surface area (Å²) in [7, 11) is 0. The number of hydrogen-bond acceptors (Lipinski definition) is 5. The van der Waals surface area contributed by atoms with Gasteiger partial charge in [0.2, 0.25) is 0 Å². The maximum atomic E-state index is 12.8. The minimum absolute atomic E-state index is 0.149. The van der Waals surface area contributed by atoms with Gasteiger partial charge in [-0.05, 0) is 41.6 Å². The molecule has 6 nitrogen and oxygen atoms in total. The monoisotopic (exact) mass is 381 g/mol. The van der Waals surface area contributed by atoms with Crippen molar-refractivity contribution in [1.82, 2.24) is 14.7 Å². The molecule has 3 heterocycles. The maximum absolute atomic E-state index is 12.8. The van der Waals surface area contributed by atoms with Crippen molar-refractivity contribution < 1.29 is 9.53 Å². The Kier molecular flexibility index (Phi) is 5.02. The molecule has 0 aliphatic carbocycles. The first-order valence-electron chi connectivity index (χ1n) is 8.81. The van der Waals surface area contributed by atoms with E-state index in [1.165, 1.54) is 27.3 Å². The number of benzene rings is 1. The van der Waals surface area contributed by atoms with E-state index in [1.807, 2.05) is 30.3 Å². The normalized spacial score (nSPS) is 13.3. The van der Waals surface area contributed by atoms with Crippen LogP contribution >= 0.6 is 11.3 Å². The summed E-state index contributed by atoms with van der Waals surface area (Å²) in [6, 6.07) is 14.3. The van der Waals surface area contributed by atoms with Gasteiger partial charge in [0, 0.05) is 24.0 Å². The highest BCUT2D eigenvalue weighted by Crippen LogP contribution is 2.24. The van der Waals surface area contributed by atoms with Crippen molar-refractivity contribution in [3.63, 3.8) is 0 Å². The first-order chi connectivity index (χ1) is 13.2. The van der Waals surface area contributed by atoms with Crippen molar-refractivity contribution in [2.75, 3.05) is 13.2 Å². The van der Waals surface area contributed by atoms with E-state index in [0.717, 1.165) is 12.2 Å². The first-order valence-corrected chi connectivity index (χ1v) is 9.69. The Hall–Kier alpha value is -2.93. The molecule has 0 unspecified atom stereocenters. The third-order valence-corrected chi connectivity index (χ3v) is 5.52. The predicted molar refractivity (Wildman–Crippen MR) is 103 cm³/mol. The summed E-state index contributed by atoms with van der Waals surface area (Å²) < 4.78 is 6.91. The highest BCUT2D eigenvalue weighted by molar-refractivity contribution is 7.10. The Bertz CT molecular complexity index is 997. The lowest BCUT2D eigenvalue weighted by Gasteiger charge is -2.26. The summed E-state index contributed by atoms with van der Waals surface area (Å²) in [4.78, 5) is 28.0. The van der Waals surface area contributed by atoms with Gasteiger partial charge in [-0.25, -0.2) is 4.68 Å². The number of fused-ring (bicyclic) bond motifs is 1. The Morgan fingerprint density at radius 1 is 1.15 bits per heavy atom. The number of carbonyl (C=O) groups excluding carboxylic acids is 1.